The molecule has 0 heterocycles. The van der Waals surface area contributed by atoms with Gasteiger partial charge in [-0.2, -0.15) is 0 Å². The minimum absolute atomic E-state index is 0.00452. The molecule has 0 bridgehead atoms. The second kappa shape index (κ2) is 12.6. The van der Waals surface area contributed by atoms with Crippen LogP contribution in [-0.4, -0.2) is 28.8 Å². The number of hydrogen-bond donors (Lipinski definition) is 0. The molecule has 7 heteroatoms. The quantitative estimate of drug-likeness (QED) is 0.218. The van der Waals surface area contributed by atoms with E-state index < -0.39 is 34.8 Å². The van der Waals surface area contributed by atoms with E-state index in [0.717, 1.165) is 0 Å². The second-order valence-corrected chi connectivity index (χ2v) is 26.6. The maximum absolute atomic E-state index is 7.43. The molecule has 0 aromatic rings. The first kappa shape index (κ1) is 32.0. The molecule has 0 radical (unpaired) electrons. The van der Waals surface area contributed by atoms with Crippen molar-refractivity contribution in [2.24, 2.45) is 0 Å². The van der Waals surface area contributed by atoms with Gasteiger partial charge in [0.15, 0.2) is 0 Å². The van der Waals surface area contributed by atoms with E-state index in [1.807, 2.05) is 0 Å². The van der Waals surface area contributed by atoms with E-state index in [2.05, 4.69) is 111 Å². The van der Waals surface area contributed by atoms with Crippen LogP contribution in [0.5, 0.6) is 0 Å². The van der Waals surface area contributed by atoms with Crippen LogP contribution < -0.4 is 0 Å². The summed E-state index contributed by atoms with van der Waals surface area (Å²) >= 11 is -4.14. The van der Waals surface area contributed by atoms with Crippen molar-refractivity contribution < 1.29 is 30.8 Å². The zero-order chi connectivity index (χ0) is 24.9. The summed E-state index contributed by atoms with van der Waals surface area (Å²) in [4.78, 5) is 0. The number of hydrogen-bond acceptors (Lipinski definition) is 4. The van der Waals surface area contributed by atoms with Crippen LogP contribution in [0.25, 0.3) is 0 Å². The first-order chi connectivity index (χ1) is 13.9. The SMILES string of the molecule is CC(C)[O][Ti]([O]C(C)C)([O][Si](C(C)C)(C(C)C)C(C)C)[O][Si](C(C)C)(C(C)C)C(C)C. The van der Waals surface area contributed by atoms with Crippen molar-refractivity contribution in [1.29, 1.82) is 0 Å². The van der Waals surface area contributed by atoms with Crippen LogP contribution in [0.4, 0.5) is 0 Å². The Morgan fingerprint density at radius 3 is 0.710 bits per heavy atom. The van der Waals surface area contributed by atoms with Crippen LogP contribution in [0.3, 0.4) is 0 Å². The van der Waals surface area contributed by atoms with E-state index >= 15 is 0 Å². The van der Waals surface area contributed by atoms with Crippen molar-refractivity contribution in [2.75, 3.05) is 0 Å². The van der Waals surface area contributed by atoms with Gasteiger partial charge in [0.2, 0.25) is 0 Å². The fourth-order valence-corrected chi connectivity index (χ4v) is 30.6. The molecule has 0 aromatic carbocycles. The van der Waals surface area contributed by atoms with Gasteiger partial charge in [0.05, 0.1) is 0 Å². The van der Waals surface area contributed by atoms with Crippen LogP contribution >= 0.6 is 0 Å². The normalized spacial score (nSPS) is 14.7. The van der Waals surface area contributed by atoms with Gasteiger partial charge in [-0.1, -0.05) is 0 Å². The van der Waals surface area contributed by atoms with E-state index in [9.17, 15) is 0 Å². The summed E-state index contributed by atoms with van der Waals surface area (Å²) in [5.74, 6) is 0. The van der Waals surface area contributed by atoms with Crippen molar-refractivity contribution in [2.45, 2.75) is 156 Å². The molecular formula is C24H56O4Si2Ti. The summed E-state index contributed by atoms with van der Waals surface area (Å²) in [6.07, 6.45) is -0.00903. The Morgan fingerprint density at radius 2 is 0.581 bits per heavy atom. The third kappa shape index (κ3) is 7.48. The molecule has 0 atom stereocenters. The Kier molecular flexibility index (Phi) is 13.0. The van der Waals surface area contributed by atoms with Gasteiger partial charge in [-0.25, -0.2) is 0 Å². The minimum atomic E-state index is -4.14. The summed E-state index contributed by atoms with van der Waals surface area (Å²) in [6.45, 7) is 36.2. The molecule has 0 spiro atoms. The van der Waals surface area contributed by atoms with Crippen LogP contribution in [0, 0.1) is 0 Å². The molecule has 0 amide bonds. The summed E-state index contributed by atoms with van der Waals surface area (Å²) in [5, 5.41) is 0. The molecule has 0 saturated carbocycles. The average Bonchev–Trinajstić information content (AvgIpc) is 2.54. The van der Waals surface area contributed by atoms with Crippen molar-refractivity contribution in [3.8, 4) is 0 Å². The Hall–Kier alpha value is 0.988. The van der Waals surface area contributed by atoms with Crippen molar-refractivity contribution >= 4 is 16.6 Å². The predicted octanol–water partition coefficient (Wildman–Crippen LogP) is 9.03. The molecule has 0 unspecified atom stereocenters. The Bertz CT molecular complexity index is 430. The van der Waals surface area contributed by atoms with Crippen LogP contribution in [0.1, 0.15) is 111 Å². The second-order valence-electron chi connectivity index (χ2n) is 11.7. The summed E-state index contributed by atoms with van der Waals surface area (Å²) in [6, 6.07) is 0. The third-order valence-corrected chi connectivity index (χ3v) is 26.8. The predicted molar refractivity (Wildman–Crippen MR) is 137 cm³/mol. The topological polar surface area (TPSA) is 36.9 Å². The zero-order valence-corrected chi connectivity index (χ0v) is 27.3. The summed E-state index contributed by atoms with van der Waals surface area (Å²) < 4.78 is 28.4. The Morgan fingerprint density at radius 1 is 0.387 bits per heavy atom. The van der Waals surface area contributed by atoms with Gasteiger partial charge in [0.1, 0.15) is 0 Å². The average molecular weight is 513 g/mol. The van der Waals surface area contributed by atoms with Crippen molar-refractivity contribution in [3.63, 3.8) is 0 Å². The molecule has 0 aliphatic heterocycles. The van der Waals surface area contributed by atoms with E-state index in [-0.39, 0.29) is 12.2 Å². The summed E-state index contributed by atoms with van der Waals surface area (Å²) in [5.41, 5.74) is 2.67. The van der Waals surface area contributed by atoms with E-state index in [1.165, 1.54) is 0 Å². The fourth-order valence-electron chi connectivity index (χ4n) is 5.86. The molecule has 0 fully saturated rings. The molecule has 4 nitrogen and oxygen atoms in total. The maximum atomic E-state index is 7.43. The molecule has 0 N–H and O–H groups in total. The van der Waals surface area contributed by atoms with E-state index in [1.54, 1.807) is 0 Å². The molecule has 188 valence electrons. The fraction of sp³-hybridized carbons (Fsp3) is 1.00. The molecule has 0 aromatic heterocycles. The van der Waals surface area contributed by atoms with Gasteiger partial charge in [0.25, 0.3) is 0 Å². The van der Waals surface area contributed by atoms with Gasteiger partial charge in [0, 0.05) is 0 Å². The van der Waals surface area contributed by atoms with Gasteiger partial charge < -0.3 is 0 Å². The monoisotopic (exact) mass is 512 g/mol. The molecular weight excluding hydrogens is 456 g/mol. The molecule has 0 aliphatic carbocycles. The first-order valence-corrected chi connectivity index (χ1v) is 19.5. The van der Waals surface area contributed by atoms with Crippen LogP contribution in [-0.2, 0) is 30.8 Å². The van der Waals surface area contributed by atoms with Crippen LogP contribution in [0.2, 0.25) is 33.2 Å². The number of rotatable bonds is 14. The Labute approximate surface area is 203 Å². The van der Waals surface area contributed by atoms with Crippen LogP contribution in [0.15, 0.2) is 0 Å². The van der Waals surface area contributed by atoms with Gasteiger partial charge in [-0.05, 0) is 0 Å². The van der Waals surface area contributed by atoms with E-state index in [4.69, 9.17) is 12.7 Å². The first-order valence-electron chi connectivity index (χ1n) is 12.7. The Balaban J connectivity index is 6.97. The van der Waals surface area contributed by atoms with Gasteiger partial charge >= 0.3 is 204 Å². The molecule has 31 heavy (non-hydrogen) atoms. The molecule has 0 saturated heterocycles. The van der Waals surface area contributed by atoms with Crippen molar-refractivity contribution in [3.05, 3.63) is 0 Å². The molecule has 0 rings (SSSR count). The zero-order valence-electron chi connectivity index (χ0n) is 23.8. The summed E-state index contributed by atoms with van der Waals surface area (Å²) in [7, 11) is -4.54. The standard InChI is InChI=1S/2C9H21OSi.2C3H7O.Ti/c2*1-7(2)11(10,8(3)4)9(5)6;2*1-3(2)4;/h2*7-9H,1-6H3;2*3H,1-2H3;/q4*-1;+4. The van der Waals surface area contributed by atoms with Gasteiger partial charge in [-0.15, -0.1) is 0 Å². The molecule has 0 aliphatic rings. The van der Waals surface area contributed by atoms with Gasteiger partial charge in [-0.3, -0.25) is 0 Å². The third-order valence-electron chi connectivity index (χ3n) is 6.78. The van der Waals surface area contributed by atoms with E-state index in [0.29, 0.717) is 33.2 Å². The van der Waals surface area contributed by atoms with Crippen molar-refractivity contribution in [1.82, 2.24) is 0 Å².